The molecule has 24 heavy (non-hydrogen) atoms. The Labute approximate surface area is 143 Å². The fourth-order valence-corrected chi connectivity index (χ4v) is 2.75. The van der Waals surface area contributed by atoms with E-state index in [9.17, 15) is 9.59 Å². The second-order valence-electron chi connectivity index (χ2n) is 6.42. The summed E-state index contributed by atoms with van der Waals surface area (Å²) in [6, 6.07) is 10.1. The van der Waals surface area contributed by atoms with E-state index in [0.29, 0.717) is 12.8 Å². The van der Waals surface area contributed by atoms with Gasteiger partial charge in [0.25, 0.3) is 5.79 Å². The van der Waals surface area contributed by atoms with E-state index < -0.39 is 23.6 Å². The third-order valence-corrected chi connectivity index (χ3v) is 3.87. The summed E-state index contributed by atoms with van der Waals surface area (Å²) in [5.74, 6) is 2.65. The third-order valence-electron chi connectivity index (χ3n) is 3.87. The Hall–Kier alpha value is -2.28. The molecule has 128 valence electrons. The summed E-state index contributed by atoms with van der Waals surface area (Å²) in [6.45, 7) is 5.11. The van der Waals surface area contributed by atoms with Crippen LogP contribution in [0, 0.1) is 23.7 Å². The monoisotopic (exact) mass is 328 g/mol. The van der Waals surface area contributed by atoms with Crippen LogP contribution in [0.2, 0.25) is 0 Å². The molecule has 1 aromatic carbocycles. The molecule has 0 saturated carbocycles. The van der Waals surface area contributed by atoms with E-state index in [4.69, 9.17) is 9.47 Å². The molecule has 1 aliphatic rings. The van der Waals surface area contributed by atoms with Gasteiger partial charge in [0.05, 0.1) is 0 Å². The first-order valence-electron chi connectivity index (χ1n) is 8.41. The van der Waals surface area contributed by atoms with Crippen molar-refractivity contribution in [3.8, 4) is 11.8 Å². The summed E-state index contributed by atoms with van der Waals surface area (Å²) >= 11 is 0. The zero-order valence-electron chi connectivity index (χ0n) is 14.5. The first-order valence-corrected chi connectivity index (χ1v) is 8.41. The van der Waals surface area contributed by atoms with Gasteiger partial charge in [-0.3, -0.25) is 9.59 Å². The third kappa shape index (κ3) is 4.86. The molecule has 0 radical (unpaired) electrons. The van der Waals surface area contributed by atoms with Gasteiger partial charge in [-0.2, -0.15) is 0 Å². The van der Waals surface area contributed by atoms with Crippen LogP contribution >= 0.6 is 0 Å². The summed E-state index contributed by atoms with van der Waals surface area (Å²) in [5.41, 5.74) is 1.22. The Kier molecular flexibility index (Phi) is 6.03. The smallest absolute Gasteiger partial charge is 0.324 e. The minimum atomic E-state index is -1.19. The van der Waals surface area contributed by atoms with Crippen LogP contribution in [-0.4, -0.2) is 17.7 Å². The minimum Gasteiger partial charge on any atom is -0.422 e. The summed E-state index contributed by atoms with van der Waals surface area (Å²) in [6.07, 6.45) is 3.03. The van der Waals surface area contributed by atoms with E-state index in [1.807, 2.05) is 25.1 Å². The quantitative estimate of drug-likeness (QED) is 0.472. The first-order chi connectivity index (χ1) is 11.4. The second-order valence-corrected chi connectivity index (χ2v) is 6.42. The maximum atomic E-state index is 12.2. The molecule has 0 N–H and O–H groups in total. The molecule has 1 fully saturated rings. The highest BCUT2D eigenvalue weighted by Gasteiger charge is 2.46. The van der Waals surface area contributed by atoms with Gasteiger partial charge in [-0.25, -0.2) is 0 Å². The number of hydrogen-bond acceptors (Lipinski definition) is 4. The number of ether oxygens (including phenoxy) is 2. The molecule has 1 heterocycles. The van der Waals surface area contributed by atoms with Gasteiger partial charge < -0.3 is 9.47 Å². The number of carbonyl (C=O) groups is 2. The Morgan fingerprint density at radius 2 is 1.75 bits per heavy atom. The van der Waals surface area contributed by atoms with Gasteiger partial charge in [0.2, 0.25) is 0 Å². The fourth-order valence-electron chi connectivity index (χ4n) is 2.75. The average molecular weight is 328 g/mol. The van der Waals surface area contributed by atoms with Crippen LogP contribution in [0.25, 0.3) is 0 Å². The van der Waals surface area contributed by atoms with Gasteiger partial charge >= 0.3 is 11.9 Å². The highest BCUT2D eigenvalue weighted by molar-refractivity contribution is 5.97. The molecule has 0 spiro atoms. The summed E-state index contributed by atoms with van der Waals surface area (Å²) in [5, 5.41) is 0. The van der Waals surface area contributed by atoms with E-state index in [1.54, 1.807) is 13.8 Å². The summed E-state index contributed by atoms with van der Waals surface area (Å²) < 4.78 is 10.4. The second kappa shape index (κ2) is 8.01. The van der Waals surface area contributed by atoms with E-state index >= 15 is 0 Å². The summed E-state index contributed by atoms with van der Waals surface area (Å²) in [4.78, 5) is 24.4. The highest BCUT2D eigenvalue weighted by Crippen LogP contribution is 2.29. The maximum Gasteiger partial charge on any atom is 0.324 e. The van der Waals surface area contributed by atoms with Crippen LogP contribution in [-0.2, 0) is 25.5 Å². The van der Waals surface area contributed by atoms with Crippen molar-refractivity contribution in [2.45, 2.75) is 52.2 Å². The SMILES string of the molecule is CCCC(C#CCCc1ccccc1)C1C(=O)OC(C)(C)OC1=O. The van der Waals surface area contributed by atoms with E-state index in [0.717, 1.165) is 12.8 Å². The van der Waals surface area contributed by atoms with Crippen molar-refractivity contribution in [2.24, 2.45) is 11.8 Å². The van der Waals surface area contributed by atoms with Crippen LogP contribution in [0.15, 0.2) is 30.3 Å². The molecule has 1 atom stereocenters. The molecule has 2 rings (SSSR count). The lowest BCUT2D eigenvalue weighted by atomic mass is 9.88. The lowest BCUT2D eigenvalue weighted by Gasteiger charge is -2.34. The summed E-state index contributed by atoms with van der Waals surface area (Å²) in [7, 11) is 0. The lowest BCUT2D eigenvalue weighted by Crippen LogP contribution is -2.48. The Balaban J connectivity index is 2.03. The molecule has 4 nitrogen and oxygen atoms in total. The van der Waals surface area contributed by atoms with Crippen molar-refractivity contribution >= 4 is 11.9 Å². The number of benzene rings is 1. The van der Waals surface area contributed by atoms with Crippen molar-refractivity contribution in [2.75, 3.05) is 0 Å². The van der Waals surface area contributed by atoms with Crippen LogP contribution in [0.4, 0.5) is 0 Å². The van der Waals surface area contributed by atoms with Crippen molar-refractivity contribution in [3.63, 3.8) is 0 Å². The van der Waals surface area contributed by atoms with Gasteiger partial charge in [0.1, 0.15) is 0 Å². The molecule has 1 saturated heterocycles. The van der Waals surface area contributed by atoms with Crippen molar-refractivity contribution in [1.29, 1.82) is 0 Å². The Morgan fingerprint density at radius 3 is 2.33 bits per heavy atom. The van der Waals surface area contributed by atoms with Gasteiger partial charge in [-0.15, -0.1) is 5.92 Å². The predicted octanol–water partition coefficient (Wildman–Crippen LogP) is 3.49. The number of aryl methyl sites for hydroxylation is 1. The van der Waals surface area contributed by atoms with Gasteiger partial charge in [0.15, 0.2) is 5.92 Å². The number of rotatable bonds is 5. The first kappa shape index (κ1) is 18.1. The Morgan fingerprint density at radius 1 is 1.12 bits per heavy atom. The van der Waals surface area contributed by atoms with Gasteiger partial charge in [0, 0.05) is 26.2 Å². The molecule has 0 aromatic heterocycles. The van der Waals surface area contributed by atoms with Crippen molar-refractivity contribution in [1.82, 2.24) is 0 Å². The molecule has 0 aliphatic carbocycles. The van der Waals surface area contributed by atoms with E-state index in [-0.39, 0.29) is 5.92 Å². The fraction of sp³-hybridized carbons (Fsp3) is 0.500. The van der Waals surface area contributed by atoms with Crippen molar-refractivity contribution in [3.05, 3.63) is 35.9 Å². The molecule has 1 aliphatic heterocycles. The molecule has 0 bridgehead atoms. The van der Waals surface area contributed by atoms with E-state index in [1.165, 1.54) is 5.56 Å². The number of esters is 2. The van der Waals surface area contributed by atoms with Crippen LogP contribution in [0.5, 0.6) is 0 Å². The maximum absolute atomic E-state index is 12.2. The van der Waals surface area contributed by atoms with Gasteiger partial charge in [-0.05, 0) is 18.4 Å². The number of cyclic esters (lactones) is 2. The molecule has 0 amide bonds. The van der Waals surface area contributed by atoms with Crippen LogP contribution < -0.4 is 0 Å². The van der Waals surface area contributed by atoms with E-state index in [2.05, 4.69) is 24.0 Å². The van der Waals surface area contributed by atoms with Crippen LogP contribution in [0.3, 0.4) is 0 Å². The minimum absolute atomic E-state index is 0.359. The number of carbonyl (C=O) groups excluding carboxylic acids is 2. The number of hydrogen-bond donors (Lipinski definition) is 0. The molecular weight excluding hydrogens is 304 g/mol. The van der Waals surface area contributed by atoms with Crippen LogP contribution in [0.1, 0.15) is 45.6 Å². The van der Waals surface area contributed by atoms with Gasteiger partial charge in [-0.1, -0.05) is 49.6 Å². The predicted molar refractivity (Wildman–Crippen MR) is 90.7 cm³/mol. The largest absolute Gasteiger partial charge is 0.422 e. The highest BCUT2D eigenvalue weighted by atomic mass is 16.7. The van der Waals surface area contributed by atoms with Crippen molar-refractivity contribution < 1.29 is 19.1 Å². The topological polar surface area (TPSA) is 52.6 Å². The zero-order valence-corrected chi connectivity index (χ0v) is 14.5. The normalized spacial score (nSPS) is 18.1. The molecular formula is C20H24O4. The Bertz CT molecular complexity index is 617. The standard InChI is InChI=1S/C20H24O4/c1-4-10-16(14-9-8-13-15-11-6-5-7-12-15)17-18(21)23-20(2,3)24-19(17)22/h5-7,11-12,16-17H,4,8,10,13H2,1-3H3. The molecule has 1 unspecified atom stereocenters. The molecule has 1 aromatic rings. The molecule has 4 heteroatoms. The lowest BCUT2D eigenvalue weighted by molar-refractivity contribution is -0.241. The average Bonchev–Trinajstić information content (AvgIpc) is 2.50. The zero-order chi connectivity index (χ0) is 17.6.